The number of halogens is 2. The van der Waals surface area contributed by atoms with E-state index in [9.17, 15) is 19.2 Å². The molecule has 1 aromatic heterocycles. The molecule has 1 N–H and O–H groups in total. The number of hydrogen-bond donors (Lipinski definition) is 1. The van der Waals surface area contributed by atoms with Crippen LogP contribution in [0.1, 0.15) is 21.7 Å². The largest absolute Gasteiger partial charge is 0.493 e. The van der Waals surface area contributed by atoms with E-state index in [0.717, 1.165) is 12.1 Å². The maximum atomic E-state index is 13.1. The second-order valence-corrected chi connectivity index (χ2v) is 7.23. The number of hydrogen-bond acceptors (Lipinski definition) is 7. The standard InChI is InChI=1S/C22H15BrFN3O5/c1-12-7-19(27-32-12)26-21(28)15(11-25)8-13-9-17(23)20(18(10-13)30-2)31-22(29)14-3-5-16(24)6-4-14/h3-10H,1-2H3,(H,26,27,28). The first-order valence-electron chi connectivity index (χ1n) is 9.02. The summed E-state index contributed by atoms with van der Waals surface area (Å²) in [7, 11) is 1.37. The predicted octanol–water partition coefficient (Wildman–Crippen LogP) is 4.66. The number of aromatic nitrogens is 1. The van der Waals surface area contributed by atoms with Crippen LogP contribution in [-0.4, -0.2) is 24.1 Å². The van der Waals surface area contributed by atoms with E-state index in [-0.39, 0.29) is 28.5 Å². The van der Waals surface area contributed by atoms with Gasteiger partial charge in [-0.3, -0.25) is 4.79 Å². The Balaban J connectivity index is 1.85. The van der Waals surface area contributed by atoms with Crippen molar-refractivity contribution in [3.63, 3.8) is 0 Å². The molecule has 3 rings (SSSR count). The summed E-state index contributed by atoms with van der Waals surface area (Å²) in [4.78, 5) is 24.7. The van der Waals surface area contributed by atoms with E-state index < -0.39 is 17.7 Å². The Kier molecular flexibility index (Phi) is 7.02. The third-order valence-corrected chi connectivity index (χ3v) is 4.66. The molecule has 162 valence electrons. The van der Waals surface area contributed by atoms with E-state index in [1.807, 2.05) is 6.07 Å². The molecule has 8 nitrogen and oxygen atoms in total. The summed E-state index contributed by atoms with van der Waals surface area (Å²) in [5.41, 5.74) is 0.379. The van der Waals surface area contributed by atoms with Crippen LogP contribution in [0.15, 0.2) is 57.0 Å². The van der Waals surface area contributed by atoms with Crippen molar-refractivity contribution in [1.82, 2.24) is 5.16 Å². The van der Waals surface area contributed by atoms with Gasteiger partial charge in [0.2, 0.25) is 0 Å². The Morgan fingerprint density at radius 2 is 1.97 bits per heavy atom. The van der Waals surface area contributed by atoms with E-state index in [1.54, 1.807) is 13.0 Å². The fraction of sp³-hybridized carbons (Fsp3) is 0.0909. The van der Waals surface area contributed by atoms with Crippen LogP contribution >= 0.6 is 15.9 Å². The highest BCUT2D eigenvalue weighted by Crippen LogP contribution is 2.37. The summed E-state index contributed by atoms with van der Waals surface area (Å²) in [6.45, 7) is 1.66. The van der Waals surface area contributed by atoms with Crippen LogP contribution in [-0.2, 0) is 4.79 Å². The van der Waals surface area contributed by atoms with Gasteiger partial charge < -0.3 is 19.3 Å². The number of nitriles is 1. The molecule has 0 aliphatic heterocycles. The van der Waals surface area contributed by atoms with Gasteiger partial charge in [0.25, 0.3) is 5.91 Å². The number of anilines is 1. The zero-order valence-corrected chi connectivity index (χ0v) is 18.4. The molecule has 0 atom stereocenters. The Morgan fingerprint density at radius 1 is 1.25 bits per heavy atom. The number of carbonyl (C=O) groups is 2. The third kappa shape index (κ3) is 5.39. The molecule has 0 spiro atoms. The van der Waals surface area contributed by atoms with Gasteiger partial charge in [-0.05, 0) is 70.9 Å². The van der Waals surface area contributed by atoms with Crippen LogP contribution < -0.4 is 14.8 Å². The number of ether oxygens (including phenoxy) is 2. The Morgan fingerprint density at radius 3 is 2.56 bits per heavy atom. The zero-order valence-electron chi connectivity index (χ0n) is 16.8. The maximum absolute atomic E-state index is 13.1. The first kappa shape index (κ1) is 22.7. The molecule has 0 aliphatic rings. The number of methoxy groups -OCH3 is 1. The van der Waals surface area contributed by atoms with Gasteiger partial charge in [-0.15, -0.1) is 0 Å². The summed E-state index contributed by atoms with van der Waals surface area (Å²) < 4.78 is 29.0. The number of esters is 1. The van der Waals surface area contributed by atoms with E-state index in [4.69, 9.17) is 14.0 Å². The Bertz CT molecular complexity index is 1250. The van der Waals surface area contributed by atoms with Gasteiger partial charge in [0.05, 0.1) is 17.1 Å². The average molecular weight is 500 g/mol. The van der Waals surface area contributed by atoms with Crippen molar-refractivity contribution in [1.29, 1.82) is 5.26 Å². The first-order chi connectivity index (χ1) is 15.3. The van der Waals surface area contributed by atoms with E-state index in [0.29, 0.717) is 15.8 Å². The smallest absolute Gasteiger partial charge is 0.343 e. The summed E-state index contributed by atoms with van der Waals surface area (Å²) in [5.74, 6) is -0.939. The molecular formula is C22H15BrFN3O5. The lowest BCUT2D eigenvalue weighted by atomic mass is 10.1. The first-order valence-corrected chi connectivity index (χ1v) is 9.81. The highest BCUT2D eigenvalue weighted by molar-refractivity contribution is 9.10. The summed E-state index contributed by atoms with van der Waals surface area (Å²) >= 11 is 3.30. The molecule has 0 unspecified atom stereocenters. The molecule has 1 heterocycles. The van der Waals surface area contributed by atoms with Crippen molar-refractivity contribution in [2.45, 2.75) is 6.92 Å². The molecule has 2 aromatic carbocycles. The van der Waals surface area contributed by atoms with Crippen LogP contribution in [0.25, 0.3) is 6.08 Å². The fourth-order valence-corrected chi connectivity index (χ4v) is 3.12. The molecule has 0 aliphatic carbocycles. The summed E-state index contributed by atoms with van der Waals surface area (Å²) in [6.07, 6.45) is 1.33. The van der Waals surface area contributed by atoms with Crippen LogP contribution in [0.5, 0.6) is 11.5 Å². The van der Waals surface area contributed by atoms with Gasteiger partial charge in [-0.2, -0.15) is 5.26 Å². The predicted molar refractivity (Wildman–Crippen MR) is 116 cm³/mol. The van der Waals surface area contributed by atoms with Gasteiger partial charge in [-0.1, -0.05) is 5.16 Å². The van der Waals surface area contributed by atoms with Gasteiger partial charge in [0, 0.05) is 6.07 Å². The molecule has 10 heteroatoms. The van der Waals surface area contributed by atoms with Crippen molar-refractivity contribution in [3.8, 4) is 17.6 Å². The second-order valence-electron chi connectivity index (χ2n) is 6.38. The van der Waals surface area contributed by atoms with Crippen molar-refractivity contribution in [2.24, 2.45) is 0 Å². The molecule has 0 saturated heterocycles. The van der Waals surface area contributed by atoms with E-state index >= 15 is 0 Å². The van der Waals surface area contributed by atoms with Crippen molar-refractivity contribution >= 4 is 39.7 Å². The zero-order chi connectivity index (χ0) is 23.3. The Labute approximate surface area is 190 Å². The van der Waals surface area contributed by atoms with Crippen LogP contribution in [0.4, 0.5) is 10.2 Å². The lowest BCUT2D eigenvalue weighted by Crippen LogP contribution is -2.13. The normalized spacial score (nSPS) is 10.9. The average Bonchev–Trinajstić information content (AvgIpc) is 3.18. The van der Waals surface area contributed by atoms with Gasteiger partial charge in [-0.25, -0.2) is 9.18 Å². The number of nitrogens with zero attached hydrogens (tertiary/aromatic N) is 2. The van der Waals surface area contributed by atoms with Crippen molar-refractivity contribution in [2.75, 3.05) is 12.4 Å². The van der Waals surface area contributed by atoms with Gasteiger partial charge in [0.1, 0.15) is 23.2 Å². The SMILES string of the molecule is COc1cc(C=C(C#N)C(=O)Nc2cc(C)on2)cc(Br)c1OC(=O)c1ccc(F)cc1. The molecule has 0 radical (unpaired) electrons. The molecular weight excluding hydrogens is 485 g/mol. The lowest BCUT2D eigenvalue weighted by molar-refractivity contribution is -0.112. The van der Waals surface area contributed by atoms with Crippen LogP contribution in [0, 0.1) is 24.1 Å². The highest BCUT2D eigenvalue weighted by atomic mass is 79.9. The quantitative estimate of drug-likeness (QED) is 0.227. The number of nitrogens with one attached hydrogen (secondary N) is 1. The minimum absolute atomic E-state index is 0.0833. The number of amides is 1. The van der Waals surface area contributed by atoms with Crippen molar-refractivity contribution in [3.05, 3.63) is 75.2 Å². The minimum atomic E-state index is -0.715. The second kappa shape index (κ2) is 9.89. The molecule has 1 amide bonds. The maximum Gasteiger partial charge on any atom is 0.343 e. The van der Waals surface area contributed by atoms with Gasteiger partial charge in [0.15, 0.2) is 17.3 Å². The number of benzene rings is 2. The molecule has 32 heavy (non-hydrogen) atoms. The number of carbonyl (C=O) groups excluding carboxylic acids is 2. The molecule has 0 fully saturated rings. The highest BCUT2D eigenvalue weighted by Gasteiger charge is 2.18. The van der Waals surface area contributed by atoms with Gasteiger partial charge >= 0.3 is 5.97 Å². The molecule has 0 bridgehead atoms. The van der Waals surface area contributed by atoms with E-state index in [2.05, 4.69) is 26.4 Å². The number of aryl methyl sites for hydroxylation is 1. The Hall–Kier alpha value is -3.97. The fourth-order valence-electron chi connectivity index (χ4n) is 2.58. The molecule has 0 saturated carbocycles. The van der Waals surface area contributed by atoms with Crippen molar-refractivity contribution < 1.29 is 28.0 Å². The number of rotatable bonds is 6. The minimum Gasteiger partial charge on any atom is -0.493 e. The third-order valence-electron chi connectivity index (χ3n) is 4.07. The lowest BCUT2D eigenvalue weighted by Gasteiger charge is -2.12. The van der Waals surface area contributed by atoms with Crippen LogP contribution in [0.2, 0.25) is 0 Å². The monoisotopic (exact) mass is 499 g/mol. The van der Waals surface area contributed by atoms with Crippen LogP contribution in [0.3, 0.4) is 0 Å². The summed E-state index contributed by atoms with van der Waals surface area (Å²) in [6, 6.07) is 11.2. The molecule has 3 aromatic rings. The summed E-state index contributed by atoms with van der Waals surface area (Å²) in [5, 5.41) is 15.5. The van der Waals surface area contributed by atoms with E-state index in [1.165, 1.54) is 37.5 Å². The topological polar surface area (TPSA) is 114 Å².